The van der Waals surface area contributed by atoms with Crippen LogP contribution in [0.1, 0.15) is 118 Å². The first-order valence-corrected chi connectivity index (χ1v) is 13.6. The largest absolute Gasteiger partial charge is 0.509 e. The Morgan fingerprint density at radius 1 is 0.750 bits per heavy atom. The van der Waals surface area contributed by atoms with Gasteiger partial charge in [-0.05, 0) is 49.7 Å². The minimum Gasteiger partial charge on any atom is -0.426 e. The first-order valence-electron chi connectivity index (χ1n) is 13.6. The monoisotopic (exact) mass is 446 g/mol. The second-order valence-corrected chi connectivity index (χ2v) is 10.7. The molecule has 6 unspecified atom stereocenters. The molecule has 0 heterocycles. The number of ether oxygens (including phenoxy) is 2. The van der Waals surface area contributed by atoms with Crippen molar-refractivity contribution in [1.29, 1.82) is 0 Å². The molecule has 0 bridgehead atoms. The quantitative estimate of drug-likeness (QED) is 0.152. The van der Waals surface area contributed by atoms with E-state index in [-0.39, 0.29) is 12.2 Å². The standard InChI is InChI=1S/C29H50O3/c1-7-9-11-15-23-17-13-19-25(23)27(21(3)4)31-29(30)32-28(22(5)6)26-20-14-18-24(26)16-12-10-8-2/h23-28H,3,5,7-20H2,1-2,4,6H3. The minimum absolute atomic E-state index is 0.230. The number of carbonyl (C=O) groups excluding carboxylic acids is 1. The van der Waals surface area contributed by atoms with E-state index in [1.807, 2.05) is 13.8 Å². The normalized spacial score (nSPS) is 27.1. The lowest BCUT2D eigenvalue weighted by Crippen LogP contribution is -2.35. The van der Waals surface area contributed by atoms with Gasteiger partial charge in [-0.25, -0.2) is 4.79 Å². The molecule has 184 valence electrons. The molecule has 0 spiro atoms. The second kappa shape index (κ2) is 14.1. The SMILES string of the molecule is C=C(C)C(OC(=O)OC(C(=C)C)C1CCCC1CCCCC)C1CCCC1CCCCC. The average Bonchev–Trinajstić information content (AvgIpc) is 3.40. The number of hydrogen-bond acceptors (Lipinski definition) is 3. The van der Waals surface area contributed by atoms with Gasteiger partial charge in [0.25, 0.3) is 0 Å². The van der Waals surface area contributed by atoms with E-state index >= 15 is 0 Å². The summed E-state index contributed by atoms with van der Waals surface area (Å²) in [5, 5.41) is 0. The van der Waals surface area contributed by atoms with Gasteiger partial charge in [-0.3, -0.25) is 0 Å². The molecule has 2 aliphatic carbocycles. The fourth-order valence-corrected chi connectivity index (χ4v) is 6.30. The fourth-order valence-electron chi connectivity index (χ4n) is 6.30. The number of unbranched alkanes of at least 4 members (excludes halogenated alkanes) is 4. The summed E-state index contributed by atoms with van der Waals surface area (Å²) in [6, 6.07) is 0. The Balaban J connectivity index is 1.99. The third kappa shape index (κ3) is 7.96. The molecule has 0 radical (unpaired) electrons. The minimum atomic E-state index is -0.524. The Bertz CT molecular complexity index is 545. The van der Waals surface area contributed by atoms with Crippen LogP contribution in [-0.4, -0.2) is 18.4 Å². The summed E-state index contributed by atoms with van der Waals surface area (Å²) >= 11 is 0. The first-order chi connectivity index (χ1) is 15.4. The van der Waals surface area contributed by atoms with E-state index in [2.05, 4.69) is 27.0 Å². The molecule has 2 aliphatic rings. The van der Waals surface area contributed by atoms with Gasteiger partial charge < -0.3 is 9.47 Å². The van der Waals surface area contributed by atoms with Crippen LogP contribution in [0.3, 0.4) is 0 Å². The van der Waals surface area contributed by atoms with E-state index in [0.717, 1.165) is 24.0 Å². The van der Waals surface area contributed by atoms with Crippen molar-refractivity contribution in [2.75, 3.05) is 0 Å². The number of hydrogen-bond donors (Lipinski definition) is 0. The summed E-state index contributed by atoms with van der Waals surface area (Å²) in [5.74, 6) is 2.03. The average molecular weight is 447 g/mol. The zero-order chi connectivity index (χ0) is 23.5. The van der Waals surface area contributed by atoms with E-state index in [4.69, 9.17) is 9.47 Å². The molecule has 0 amide bonds. The molecule has 0 aromatic rings. The molecule has 6 atom stereocenters. The van der Waals surface area contributed by atoms with Crippen LogP contribution in [0.25, 0.3) is 0 Å². The summed E-state index contributed by atoms with van der Waals surface area (Å²) in [4.78, 5) is 13.0. The highest BCUT2D eigenvalue weighted by Gasteiger charge is 2.39. The van der Waals surface area contributed by atoms with E-state index < -0.39 is 6.16 Å². The molecule has 3 heteroatoms. The summed E-state index contributed by atoms with van der Waals surface area (Å²) in [6.45, 7) is 16.8. The molecule has 2 rings (SSSR count). The van der Waals surface area contributed by atoms with Crippen LogP contribution in [0.2, 0.25) is 0 Å². The van der Waals surface area contributed by atoms with Crippen molar-refractivity contribution in [3.63, 3.8) is 0 Å². The Morgan fingerprint density at radius 3 is 1.50 bits per heavy atom. The van der Waals surface area contributed by atoms with Gasteiger partial charge >= 0.3 is 6.16 Å². The van der Waals surface area contributed by atoms with Crippen LogP contribution in [0.5, 0.6) is 0 Å². The van der Waals surface area contributed by atoms with Crippen molar-refractivity contribution in [3.8, 4) is 0 Å². The van der Waals surface area contributed by atoms with Crippen LogP contribution in [0.15, 0.2) is 24.3 Å². The highest BCUT2D eigenvalue weighted by molar-refractivity contribution is 5.61. The third-order valence-electron chi connectivity index (χ3n) is 7.99. The van der Waals surface area contributed by atoms with Crippen molar-refractivity contribution < 1.29 is 14.3 Å². The predicted molar refractivity (Wildman–Crippen MR) is 135 cm³/mol. The Morgan fingerprint density at radius 2 is 1.16 bits per heavy atom. The number of carbonyl (C=O) groups is 1. The Labute approximate surface area is 198 Å². The molecule has 2 fully saturated rings. The Hall–Kier alpha value is -1.25. The maximum atomic E-state index is 13.0. The van der Waals surface area contributed by atoms with Crippen molar-refractivity contribution in [1.82, 2.24) is 0 Å². The molecule has 0 aliphatic heterocycles. The second-order valence-electron chi connectivity index (χ2n) is 10.7. The van der Waals surface area contributed by atoms with E-state index in [1.54, 1.807) is 0 Å². The van der Waals surface area contributed by atoms with Gasteiger partial charge in [0, 0.05) is 11.8 Å². The predicted octanol–water partition coefficient (Wildman–Crippen LogP) is 9.02. The third-order valence-corrected chi connectivity index (χ3v) is 7.99. The molecule has 0 N–H and O–H groups in total. The Kier molecular flexibility index (Phi) is 11.9. The molecule has 3 nitrogen and oxygen atoms in total. The molecular weight excluding hydrogens is 396 g/mol. The zero-order valence-corrected chi connectivity index (χ0v) is 21.5. The van der Waals surface area contributed by atoms with Crippen molar-refractivity contribution >= 4 is 6.16 Å². The topological polar surface area (TPSA) is 35.5 Å². The lowest BCUT2D eigenvalue weighted by molar-refractivity contribution is -0.0217. The van der Waals surface area contributed by atoms with Gasteiger partial charge in [-0.15, -0.1) is 0 Å². The van der Waals surface area contributed by atoms with Gasteiger partial charge in [0.05, 0.1) is 0 Å². The van der Waals surface area contributed by atoms with Gasteiger partial charge in [-0.2, -0.15) is 0 Å². The van der Waals surface area contributed by atoms with Gasteiger partial charge in [0.1, 0.15) is 12.2 Å². The fraction of sp³-hybridized carbons (Fsp3) is 0.828. The van der Waals surface area contributed by atoms with Crippen molar-refractivity contribution in [2.24, 2.45) is 23.7 Å². The maximum Gasteiger partial charge on any atom is 0.509 e. The van der Waals surface area contributed by atoms with E-state index in [0.29, 0.717) is 23.7 Å². The van der Waals surface area contributed by atoms with E-state index in [9.17, 15) is 4.79 Å². The van der Waals surface area contributed by atoms with E-state index in [1.165, 1.54) is 77.0 Å². The summed E-state index contributed by atoms with van der Waals surface area (Å²) in [7, 11) is 0. The summed E-state index contributed by atoms with van der Waals surface area (Å²) < 4.78 is 12.0. The van der Waals surface area contributed by atoms with Gasteiger partial charge in [-0.1, -0.05) is 104 Å². The molecule has 0 aromatic carbocycles. The maximum absolute atomic E-state index is 13.0. The van der Waals surface area contributed by atoms with Gasteiger partial charge in [0.15, 0.2) is 0 Å². The van der Waals surface area contributed by atoms with Crippen molar-refractivity contribution in [3.05, 3.63) is 24.3 Å². The molecular formula is C29H50O3. The van der Waals surface area contributed by atoms with Crippen LogP contribution in [0.4, 0.5) is 4.79 Å². The van der Waals surface area contributed by atoms with Crippen LogP contribution in [0, 0.1) is 23.7 Å². The highest BCUT2D eigenvalue weighted by atomic mass is 16.7. The van der Waals surface area contributed by atoms with Crippen molar-refractivity contribution in [2.45, 2.75) is 130 Å². The highest BCUT2D eigenvalue weighted by Crippen LogP contribution is 2.42. The molecule has 32 heavy (non-hydrogen) atoms. The first kappa shape index (κ1) is 27.0. The summed E-state index contributed by atoms with van der Waals surface area (Å²) in [5.41, 5.74) is 1.89. The van der Waals surface area contributed by atoms with Crippen LogP contribution >= 0.6 is 0 Å². The lowest BCUT2D eigenvalue weighted by atomic mass is 9.84. The zero-order valence-electron chi connectivity index (χ0n) is 21.5. The molecule has 0 saturated heterocycles. The van der Waals surface area contributed by atoms with Gasteiger partial charge in [0.2, 0.25) is 0 Å². The molecule has 2 saturated carbocycles. The lowest BCUT2D eigenvalue weighted by Gasteiger charge is -2.32. The summed E-state index contributed by atoms with van der Waals surface area (Å²) in [6.07, 6.45) is 16.2. The number of rotatable bonds is 14. The smallest absolute Gasteiger partial charge is 0.426 e. The molecule has 0 aromatic heterocycles. The van der Waals surface area contributed by atoms with Crippen LogP contribution < -0.4 is 0 Å². The van der Waals surface area contributed by atoms with Crippen LogP contribution in [-0.2, 0) is 9.47 Å².